The number of nitrogens with zero attached hydrogens (tertiary/aromatic N) is 2. The van der Waals surface area contributed by atoms with E-state index in [2.05, 4.69) is 5.29 Å². The zero-order valence-corrected chi connectivity index (χ0v) is 14.1. The molecule has 0 saturated heterocycles. The van der Waals surface area contributed by atoms with E-state index in [1.54, 1.807) is 6.92 Å². The molecule has 0 aliphatic heterocycles. The van der Waals surface area contributed by atoms with Gasteiger partial charge in [-0.25, -0.2) is 14.2 Å². The van der Waals surface area contributed by atoms with Crippen LogP contribution >= 0.6 is 23.2 Å². The Hall–Kier alpha value is -1.99. The Morgan fingerprint density at radius 3 is 2.58 bits per heavy atom. The SMILES string of the molecule is CCOC(=O)/C(=C\N(N=O)C1CC1)C(=O)c1cc(F)c(Cl)cc1Cl. The number of rotatable bonds is 7. The summed E-state index contributed by atoms with van der Waals surface area (Å²) in [6, 6.07) is 1.72. The number of esters is 1. The predicted octanol–water partition coefficient (Wildman–Crippen LogP) is 3.91. The lowest BCUT2D eigenvalue weighted by molar-refractivity contribution is -0.138. The Bertz CT molecular complexity index is 720. The van der Waals surface area contributed by atoms with Gasteiger partial charge in [0.1, 0.15) is 11.4 Å². The third kappa shape index (κ3) is 4.10. The fourth-order valence-electron chi connectivity index (χ4n) is 1.92. The highest BCUT2D eigenvalue weighted by atomic mass is 35.5. The quantitative estimate of drug-likeness (QED) is 0.106. The van der Waals surface area contributed by atoms with Crippen LogP contribution in [0.25, 0.3) is 0 Å². The lowest BCUT2D eigenvalue weighted by atomic mass is 10.0. The Labute approximate surface area is 147 Å². The average molecular weight is 375 g/mol. The van der Waals surface area contributed by atoms with Crippen LogP contribution in [0.2, 0.25) is 10.0 Å². The van der Waals surface area contributed by atoms with E-state index in [1.807, 2.05) is 0 Å². The van der Waals surface area contributed by atoms with Gasteiger partial charge in [-0.1, -0.05) is 23.2 Å². The summed E-state index contributed by atoms with van der Waals surface area (Å²) in [5, 5.41) is 3.37. The standard InChI is InChI=1S/C15H13Cl2FN2O4/c1-2-24-15(22)10(7-20(19-23)8-3-4-8)14(21)9-5-13(18)12(17)6-11(9)16/h5-8H,2-4H2,1H3/b10-7-. The van der Waals surface area contributed by atoms with Crippen LogP contribution < -0.4 is 0 Å². The highest BCUT2D eigenvalue weighted by Crippen LogP contribution is 2.30. The molecule has 0 heterocycles. The number of halogens is 3. The Morgan fingerprint density at radius 1 is 1.38 bits per heavy atom. The summed E-state index contributed by atoms with van der Waals surface area (Å²) in [6.07, 6.45) is 2.43. The fraction of sp³-hybridized carbons (Fsp3) is 0.333. The second-order valence-electron chi connectivity index (χ2n) is 5.03. The van der Waals surface area contributed by atoms with Crippen molar-refractivity contribution in [1.29, 1.82) is 0 Å². The summed E-state index contributed by atoms with van der Waals surface area (Å²) in [4.78, 5) is 35.6. The molecule has 24 heavy (non-hydrogen) atoms. The van der Waals surface area contributed by atoms with Crippen molar-refractivity contribution in [1.82, 2.24) is 5.01 Å². The largest absolute Gasteiger partial charge is 0.462 e. The maximum absolute atomic E-state index is 13.6. The van der Waals surface area contributed by atoms with Gasteiger partial charge in [0, 0.05) is 11.8 Å². The number of ketones is 1. The van der Waals surface area contributed by atoms with E-state index in [0.29, 0.717) is 12.8 Å². The van der Waals surface area contributed by atoms with Crippen LogP contribution in [0.5, 0.6) is 0 Å². The van der Waals surface area contributed by atoms with Gasteiger partial charge in [-0.2, -0.15) is 0 Å². The second kappa shape index (κ2) is 7.72. The van der Waals surface area contributed by atoms with E-state index < -0.39 is 23.1 Å². The van der Waals surface area contributed by atoms with Crippen molar-refractivity contribution in [2.75, 3.05) is 6.61 Å². The van der Waals surface area contributed by atoms with Crippen molar-refractivity contribution < 1.29 is 18.7 Å². The van der Waals surface area contributed by atoms with Crippen molar-refractivity contribution in [2.24, 2.45) is 5.29 Å². The number of hydrogen-bond acceptors (Lipinski definition) is 5. The van der Waals surface area contributed by atoms with Gasteiger partial charge in [0.15, 0.2) is 0 Å². The molecule has 1 aromatic rings. The number of nitroso groups, excluding NO2 is 1. The number of Topliss-reactive ketones (excluding diaryl/α,β-unsaturated/α-hetero) is 1. The van der Waals surface area contributed by atoms with E-state index in [1.165, 1.54) is 0 Å². The molecule has 6 nitrogen and oxygen atoms in total. The lowest BCUT2D eigenvalue weighted by Gasteiger charge is -2.13. The normalized spacial score (nSPS) is 14.2. The number of carbonyl (C=O) groups is 2. The van der Waals surface area contributed by atoms with Gasteiger partial charge in [-0.15, -0.1) is 4.91 Å². The van der Waals surface area contributed by atoms with Gasteiger partial charge >= 0.3 is 5.97 Å². The molecule has 0 unspecified atom stereocenters. The molecule has 0 bridgehead atoms. The molecule has 1 aliphatic carbocycles. The molecule has 0 amide bonds. The minimum atomic E-state index is -0.955. The maximum Gasteiger partial charge on any atom is 0.343 e. The van der Waals surface area contributed by atoms with Crippen LogP contribution in [-0.2, 0) is 9.53 Å². The molecular weight excluding hydrogens is 362 g/mol. The monoisotopic (exact) mass is 374 g/mol. The Balaban J connectivity index is 2.44. The van der Waals surface area contributed by atoms with E-state index >= 15 is 0 Å². The van der Waals surface area contributed by atoms with Crippen molar-refractivity contribution in [3.63, 3.8) is 0 Å². The van der Waals surface area contributed by atoms with Crippen LogP contribution in [0.3, 0.4) is 0 Å². The summed E-state index contributed by atoms with van der Waals surface area (Å²) in [5.74, 6) is -2.70. The van der Waals surface area contributed by atoms with Crippen LogP contribution in [-0.4, -0.2) is 29.4 Å². The molecule has 1 saturated carbocycles. The van der Waals surface area contributed by atoms with Gasteiger partial charge in [0.25, 0.3) is 0 Å². The first-order valence-electron chi connectivity index (χ1n) is 7.08. The minimum Gasteiger partial charge on any atom is -0.462 e. The first kappa shape index (κ1) is 18.4. The summed E-state index contributed by atoms with van der Waals surface area (Å²) in [6.45, 7) is 1.58. The van der Waals surface area contributed by atoms with Crippen molar-refractivity contribution in [2.45, 2.75) is 25.8 Å². The highest BCUT2D eigenvalue weighted by molar-refractivity contribution is 6.39. The molecule has 2 rings (SSSR count). The first-order chi connectivity index (χ1) is 11.4. The van der Waals surface area contributed by atoms with Gasteiger partial charge in [-0.3, -0.25) is 4.79 Å². The highest BCUT2D eigenvalue weighted by Gasteiger charge is 2.32. The summed E-state index contributed by atoms with van der Waals surface area (Å²) >= 11 is 11.5. The van der Waals surface area contributed by atoms with Crippen molar-refractivity contribution in [3.05, 3.63) is 50.2 Å². The van der Waals surface area contributed by atoms with Crippen LogP contribution in [0.1, 0.15) is 30.1 Å². The molecule has 1 aliphatic rings. The van der Waals surface area contributed by atoms with Crippen LogP contribution in [0.15, 0.2) is 29.2 Å². The molecule has 0 radical (unpaired) electrons. The first-order valence-corrected chi connectivity index (χ1v) is 7.84. The van der Waals surface area contributed by atoms with Gasteiger partial charge in [0.2, 0.25) is 5.78 Å². The fourth-order valence-corrected chi connectivity index (χ4v) is 2.39. The summed E-state index contributed by atoms with van der Waals surface area (Å²) in [7, 11) is 0. The summed E-state index contributed by atoms with van der Waals surface area (Å²) < 4.78 is 18.5. The lowest BCUT2D eigenvalue weighted by Crippen LogP contribution is -2.21. The second-order valence-corrected chi connectivity index (χ2v) is 5.85. The van der Waals surface area contributed by atoms with Gasteiger partial charge in [0.05, 0.1) is 28.0 Å². The molecule has 0 N–H and O–H groups in total. The molecule has 0 spiro atoms. The Kier molecular flexibility index (Phi) is 5.90. The molecule has 1 fully saturated rings. The molecule has 0 aromatic heterocycles. The Morgan fingerprint density at radius 2 is 2.04 bits per heavy atom. The number of benzene rings is 1. The van der Waals surface area contributed by atoms with E-state index in [0.717, 1.165) is 23.3 Å². The van der Waals surface area contributed by atoms with E-state index in [4.69, 9.17) is 27.9 Å². The third-order valence-electron chi connectivity index (χ3n) is 3.27. The number of carbonyl (C=O) groups excluding carboxylic acids is 2. The van der Waals surface area contributed by atoms with Gasteiger partial charge < -0.3 is 4.74 Å². The number of ether oxygens (including phenoxy) is 1. The van der Waals surface area contributed by atoms with Crippen LogP contribution in [0, 0.1) is 10.7 Å². The molecule has 1 aromatic carbocycles. The number of hydrogen-bond donors (Lipinski definition) is 0. The maximum atomic E-state index is 13.6. The molecule has 128 valence electrons. The predicted molar refractivity (Wildman–Crippen MR) is 86.1 cm³/mol. The zero-order chi connectivity index (χ0) is 17.9. The van der Waals surface area contributed by atoms with Crippen molar-refractivity contribution >= 4 is 35.0 Å². The molecular formula is C15H13Cl2FN2O4. The molecule has 0 atom stereocenters. The minimum absolute atomic E-state index is 0.0180. The van der Waals surface area contributed by atoms with E-state index in [-0.39, 0.29) is 28.3 Å². The summed E-state index contributed by atoms with van der Waals surface area (Å²) in [5.41, 5.74) is -0.730. The van der Waals surface area contributed by atoms with E-state index in [9.17, 15) is 18.9 Å². The van der Waals surface area contributed by atoms with Crippen LogP contribution in [0.4, 0.5) is 4.39 Å². The third-order valence-corrected chi connectivity index (χ3v) is 3.87. The van der Waals surface area contributed by atoms with Gasteiger partial charge in [-0.05, 0) is 31.9 Å². The zero-order valence-electron chi connectivity index (χ0n) is 12.6. The molecule has 9 heteroatoms. The average Bonchev–Trinajstić information content (AvgIpc) is 3.36. The van der Waals surface area contributed by atoms with Crippen molar-refractivity contribution in [3.8, 4) is 0 Å². The smallest absolute Gasteiger partial charge is 0.343 e. The topological polar surface area (TPSA) is 76.0 Å².